The molecule has 2 aliphatic carbocycles. The maximum absolute atomic E-state index is 13.9. The molecule has 0 radical (unpaired) electrons. The van der Waals surface area contributed by atoms with E-state index < -0.39 is 0 Å². The lowest BCUT2D eigenvalue weighted by atomic mass is 9.91. The van der Waals surface area contributed by atoms with Gasteiger partial charge in [-0.1, -0.05) is 0 Å². The SMILES string of the molecule is COc1cc2c3c(n(C4CCC(O)CC4)c(=O)c2cc1OC)-c1cc2c(cc1C3=O)OCO2. The molecule has 2 heterocycles. The molecule has 1 aromatic heterocycles. The molecule has 1 fully saturated rings. The van der Waals surface area contributed by atoms with Crippen LogP contribution in [0.1, 0.15) is 47.6 Å². The zero-order valence-electron chi connectivity index (χ0n) is 18.3. The van der Waals surface area contributed by atoms with E-state index in [0.29, 0.717) is 81.8 Å². The lowest BCUT2D eigenvalue weighted by molar-refractivity contribution is 0.104. The van der Waals surface area contributed by atoms with Crippen molar-refractivity contribution < 1.29 is 28.8 Å². The first-order valence-electron chi connectivity index (χ1n) is 11.0. The number of carbonyl (C=O) groups excluding carboxylic acids is 1. The van der Waals surface area contributed by atoms with E-state index in [1.807, 2.05) is 0 Å². The summed E-state index contributed by atoms with van der Waals surface area (Å²) in [6, 6.07) is 6.71. The van der Waals surface area contributed by atoms with Gasteiger partial charge in [0.1, 0.15) is 0 Å². The highest BCUT2D eigenvalue weighted by atomic mass is 16.7. The van der Waals surface area contributed by atoms with E-state index in [-0.39, 0.29) is 30.3 Å². The minimum atomic E-state index is -0.363. The summed E-state index contributed by atoms with van der Waals surface area (Å²) in [7, 11) is 3.04. The van der Waals surface area contributed by atoms with E-state index in [4.69, 9.17) is 18.9 Å². The van der Waals surface area contributed by atoms with E-state index in [0.717, 1.165) is 0 Å². The number of ketones is 1. The molecule has 170 valence electrons. The van der Waals surface area contributed by atoms with Gasteiger partial charge < -0.3 is 28.6 Å². The number of hydrogen-bond acceptors (Lipinski definition) is 7. The maximum Gasteiger partial charge on any atom is 0.259 e. The van der Waals surface area contributed by atoms with Crippen molar-refractivity contribution in [1.29, 1.82) is 0 Å². The summed E-state index contributed by atoms with van der Waals surface area (Å²) in [6.07, 6.45) is 2.16. The van der Waals surface area contributed by atoms with Gasteiger partial charge >= 0.3 is 0 Å². The number of aliphatic hydroxyl groups is 1. The van der Waals surface area contributed by atoms with E-state index in [9.17, 15) is 14.7 Å². The third-order valence-electron chi connectivity index (χ3n) is 6.99. The van der Waals surface area contributed by atoms with Gasteiger partial charge in [-0.3, -0.25) is 9.59 Å². The van der Waals surface area contributed by atoms with Crippen LogP contribution in [0.2, 0.25) is 0 Å². The topological polar surface area (TPSA) is 96.2 Å². The highest BCUT2D eigenvalue weighted by molar-refractivity contribution is 6.27. The van der Waals surface area contributed by atoms with Crippen LogP contribution in [0, 0.1) is 0 Å². The quantitative estimate of drug-likeness (QED) is 0.512. The summed E-state index contributed by atoms with van der Waals surface area (Å²) in [5.41, 5.74) is 2.03. The maximum atomic E-state index is 13.9. The number of pyridine rings is 1. The number of fused-ring (bicyclic) bond motifs is 6. The summed E-state index contributed by atoms with van der Waals surface area (Å²) >= 11 is 0. The molecule has 6 rings (SSSR count). The van der Waals surface area contributed by atoms with Crippen LogP contribution in [0.25, 0.3) is 22.0 Å². The highest BCUT2D eigenvalue weighted by Gasteiger charge is 2.37. The largest absolute Gasteiger partial charge is 0.493 e. The number of carbonyl (C=O) groups is 1. The first-order chi connectivity index (χ1) is 16.0. The van der Waals surface area contributed by atoms with Crippen LogP contribution in [0.4, 0.5) is 0 Å². The number of nitrogens with zero attached hydrogens (tertiary/aromatic N) is 1. The van der Waals surface area contributed by atoms with Gasteiger partial charge in [0.15, 0.2) is 28.8 Å². The molecule has 0 saturated heterocycles. The highest BCUT2D eigenvalue weighted by Crippen LogP contribution is 2.48. The van der Waals surface area contributed by atoms with Crippen molar-refractivity contribution in [3.05, 3.63) is 45.7 Å². The molecule has 0 atom stereocenters. The van der Waals surface area contributed by atoms with Crippen molar-refractivity contribution in [2.24, 2.45) is 0 Å². The summed E-state index contributed by atoms with van der Waals surface area (Å²) in [4.78, 5) is 27.7. The molecular weight excluding hydrogens is 426 g/mol. The van der Waals surface area contributed by atoms with Gasteiger partial charge in [-0.2, -0.15) is 0 Å². The summed E-state index contributed by atoms with van der Waals surface area (Å²) < 4.78 is 23.7. The van der Waals surface area contributed by atoms with E-state index in [1.165, 1.54) is 14.2 Å². The van der Waals surface area contributed by atoms with Gasteiger partial charge in [0.2, 0.25) is 6.79 Å². The van der Waals surface area contributed by atoms with Gasteiger partial charge in [-0.25, -0.2) is 0 Å². The molecule has 3 aromatic rings. The zero-order chi connectivity index (χ0) is 22.9. The lowest BCUT2D eigenvalue weighted by Gasteiger charge is -2.29. The van der Waals surface area contributed by atoms with Crippen LogP contribution < -0.4 is 24.5 Å². The molecule has 0 bridgehead atoms. The molecule has 1 aliphatic heterocycles. The molecule has 8 heteroatoms. The molecular formula is C25H23NO7. The third-order valence-corrected chi connectivity index (χ3v) is 6.99. The first kappa shape index (κ1) is 20.1. The fourth-order valence-corrected chi connectivity index (χ4v) is 5.36. The Balaban J connectivity index is 1.71. The molecule has 1 saturated carbocycles. The standard InChI is InChI=1S/C25H23NO7/c1-30-18-7-14-17(10-19(18)31-2)25(29)26(12-3-5-13(27)6-4-12)23-15-8-20-21(33-11-32-20)9-16(15)24(28)22(14)23/h7-10,12-13,27H,3-6,11H2,1-2H3. The number of rotatable bonds is 3. The average molecular weight is 449 g/mol. The fraction of sp³-hybridized carbons (Fsp3) is 0.360. The van der Waals surface area contributed by atoms with Crippen molar-refractivity contribution in [1.82, 2.24) is 4.57 Å². The number of benzene rings is 2. The van der Waals surface area contributed by atoms with Crippen LogP contribution in [-0.2, 0) is 0 Å². The van der Waals surface area contributed by atoms with Gasteiger partial charge in [0, 0.05) is 22.6 Å². The normalized spacial score (nSPS) is 20.6. The summed E-state index contributed by atoms with van der Waals surface area (Å²) in [6.45, 7) is 0.0985. The zero-order valence-corrected chi connectivity index (χ0v) is 18.3. The minimum absolute atomic E-state index is 0.0985. The van der Waals surface area contributed by atoms with Crippen molar-refractivity contribution in [3.63, 3.8) is 0 Å². The van der Waals surface area contributed by atoms with Crippen LogP contribution in [0.15, 0.2) is 29.1 Å². The second-order valence-electron chi connectivity index (χ2n) is 8.69. The lowest BCUT2D eigenvalue weighted by Crippen LogP contribution is -2.31. The molecule has 33 heavy (non-hydrogen) atoms. The molecule has 0 unspecified atom stereocenters. The second-order valence-corrected chi connectivity index (χ2v) is 8.69. The first-order valence-corrected chi connectivity index (χ1v) is 11.0. The van der Waals surface area contributed by atoms with Gasteiger partial charge in [-0.15, -0.1) is 0 Å². The number of aromatic nitrogens is 1. The predicted molar refractivity (Wildman–Crippen MR) is 120 cm³/mol. The number of hydrogen-bond donors (Lipinski definition) is 1. The van der Waals surface area contributed by atoms with E-state index >= 15 is 0 Å². The molecule has 2 aromatic carbocycles. The average Bonchev–Trinajstić information content (AvgIpc) is 3.40. The van der Waals surface area contributed by atoms with E-state index in [1.54, 1.807) is 28.8 Å². The molecule has 0 spiro atoms. The Labute approximate surface area is 189 Å². The number of methoxy groups -OCH3 is 2. The Kier molecular flexibility index (Phi) is 4.42. The van der Waals surface area contributed by atoms with E-state index in [2.05, 4.69) is 0 Å². The Morgan fingerprint density at radius 2 is 1.48 bits per heavy atom. The Morgan fingerprint density at radius 1 is 0.879 bits per heavy atom. The second kappa shape index (κ2) is 7.25. The Bertz CT molecular complexity index is 1380. The molecule has 0 amide bonds. The van der Waals surface area contributed by atoms with Crippen LogP contribution >= 0.6 is 0 Å². The van der Waals surface area contributed by atoms with Crippen LogP contribution in [0.5, 0.6) is 23.0 Å². The van der Waals surface area contributed by atoms with Gasteiger partial charge in [0.25, 0.3) is 5.56 Å². The van der Waals surface area contributed by atoms with Crippen molar-refractivity contribution in [2.75, 3.05) is 21.0 Å². The van der Waals surface area contributed by atoms with Crippen molar-refractivity contribution >= 4 is 16.6 Å². The van der Waals surface area contributed by atoms with Gasteiger partial charge in [-0.05, 0) is 49.9 Å². The minimum Gasteiger partial charge on any atom is -0.493 e. The molecule has 8 nitrogen and oxygen atoms in total. The van der Waals surface area contributed by atoms with Crippen LogP contribution in [0.3, 0.4) is 0 Å². The molecule has 1 N–H and O–H groups in total. The third kappa shape index (κ3) is 2.80. The fourth-order valence-electron chi connectivity index (χ4n) is 5.36. The van der Waals surface area contributed by atoms with Crippen molar-refractivity contribution in [3.8, 4) is 34.3 Å². The number of aliphatic hydroxyl groups excluding tert-OH is 1. The Morgan fingerprint density at radius 3 is 2.12 bits per heavy atom. The molecule has 3 aliphatic rings. The van der Waals surface area contributed by atoms with Crippen LogP contribution in [-0.4, -0.2) is 42.6 Å². The predicted octanol–water partition coefficient (Wildman–Crippen LogP) is 3.43. The summed E-state index contributed by atoms with van der Waals surface area (Å²) in [5, 5.41) is 11.0. The van der Waals surface area contributed by atoms with Crippen molar-refractivity contribution in [2.45, 2.75) is 37.8 Å². The van der Waals surface area contributed by atoms with Gasteiger partial charge in [0.05, 0.1) is 37.0 Å². The Hall–Kier alpha value is -3.52. The number of ether oxygens (including phenoxy) is 4. The summed E-state index contributed by atoms with van der Waals surface area (Å²) in [5.74, 6) is 1.78. The monoisotopic (exact) mass is 449 g/mol. The smallest absolute Gasteiger partial charge is 0.259 e.